The van der Waals surface area contributed by atoms with E-state index in [-0.39, 0.29) is 11.6 Å². The molecule has 0 amide bonds. The molecule has 2 heterocycles. The Kier molecular flexibility index (Phi) is 6.26. The summed E-state index contributed by atoms with van der Waals surface area (Å²) in [5, 5.41) is 0. The van der Waals surface area contributed by atoms with E-state index in [1.165, 1.54) is 51.1 Å². The molecule has 0 unspecified atom stereocenters. The van der Waals surface area contributed by atoms with E-state index < -0.39 is 0 Å². The topological polar surface area (TPSA) is 59.9 Å². The fourth-order valence-corrected chi connectivity index (χ4v) is 3.51. The van der Waals surface area contributed by atoms with Crippen molar-refractivity contribution in [3.63, 3.8) is 0 Å². The Morgan fingerprint density at radius 1 is 0.769 bits per heavy atom. The third-order valence-electron chi connectivity index (χ3n) is 5.05. The first-order valence-electron chi connectivity index (χ1n) is 9.74. The molecule has 0 atom stereocenters. The monoisotopic (exact) mass is 350 g/mol. The van der Waals surface area contributed by atoms with Crippen LogP contribution in [0.3, 0.4) is 0 Å². The molecule has 26 heavy (non-hydrogen) atoms. The number of ketones is 2. The van der Waals surface area contributed by atoms with Gasteiger partial charge in [-0.05, 0) is 25.0 Å². The van der Waals surface area contributed by atoms with Gasteiger partial charge in [0.25, 0.3) is 0 Å². The second kappa shape index (κ2) is 8.84. The van der Waals surface area contributed by atoms with Crippen molar-refractivity contribution in [2.75, 3.05) is 0 Å². The van der Waals surface area contributed by atoms with Crippen LogP contribution < -0.4 is 0 Å². The minimum atomic E-state index is -0.136. The van der Waals surface area contributed by atoms with Crippen LogP contribution in [-0.4, -0.2) is 21.5 Å². The number of hydrogen-bond acceptors (Lipinski definition) is 4. The molecular formula is C22H26N2O2. The van der Waals surface area contributed by atoms with Gasteiger partial charge in [-0.2, -0.15) is 0 Å². The van der Waals surface area contributed by atoms with Crippen LogP contribution >= 0.6 is 0 Å². The first-order chi connectivity index (χ1) is 12.7. The van der Waals surface area contributed by atoms with Crippen LogP contribution in [0, 0.1) is 0 Å². The molecule has 3 rings (SSSR count). The van der Waals surface area contributed by atoms with Gasteiger partial charge in [0.2, 0.25) is 0 Å². The summed E-state index contributed by atoms with van der Waals surface area (Å²) in [5.74, 6) is -0.259. The quantitative estimate of drug-likeness (QED) is 0.513. The standard InChI is InChI=1S/C22H26N2O2/c1-2-3-4-5-6-7-8-9-10-16-13-18-20(15-24-16)21(25)17-11-12-23-14-19(17)22(18)26/h11-15H,2-10H2,1H3. The van der Waals surface area contributed by atoms with E-state index in [0.29, 0.717) is 22.3 Å². The maximum absolute atomic E-state index is 12.7. The molecule has 2 aromatic heterocycles. The van der Waals surface area contributed by atoms with Crippen LogP contribution in [0.5, 0.6) is 0 Å². The zero-order valence-electron chi connectivity index (χ0n) is 15.5. The molecule has 0 saturated heterocycles. The molecule has 4 heteroatoms. The number of hydrogen-bond donors (Lipinski definition) is 0. The zero-order chi connectivity index (χ0) is 18.4. The van der Waals surface area contributed by atoms with Crippen molar-refractivity contribution < 1.29 is 9.59 Å². The smallest absolute Gasteiger partial charge is 0.196 e. The normalized spacial score (nSPS) is 12.8. The third-order valence-corrected chi connectivity index (χ3v) is 5.05. The summed E-state index contributed by atoms with van der Waals surface area (Å²) in [4.78, 5) is 33.6. The number of aryl methyl sites for hydroxylation is 1. The van der Waals surface area contributed by atoms with E-state index >= 15 is 0 Å². The molecular weight excluding hydrogens is 324 g/mol. The summed E-state index contributed by atoms with van der Waals surface area (Å²) in [5.41, 5.74) is 2.60. The minimum Gasteiger partial charge on any atom is -0.288 e. The van der Waals surface area contributed by atoms with Crippen LogP contribution in [0.25, 0.3) is 0 Å². The van der Waals surface area contributed by atoms with Crippen LogP contribution in [0.1, 0.15) is 95.8 Å². The Labute approximate surface area is 155 Å². The number of unbranched alkanes of at least 4 members (excludes halogenated alkanes) is 7. The predicted molar refractivity (Wildman–Crippen MR) is 102 cm³/mol. The van der Waals surface area contributed by atoms with Gasteiger partial charge in [0, 0.05) is 35.4 Å². The molecule has 0 aliphatic heterocycles. The fraction of sp³-hybridized carbons (Fsp3) is 0.455. The predicted octanol–water partition coefficient (Wildman–Crippen LogP) is 4.94. The number of fused-ring (bicyclic) bond motifs is 2. The van der Waals surface area contributed by atoms with Crippen molar-refractivity contribution in [2.45, 2.75) is 64.7 Å². The lowest BCUT2D eigenvalue weighted by Gasteiger charge is -2.17. The molecule has 0 saturated carbocycles. The molecule has 0 N–H and O–H groups in total. The molecule has 2 aromatic rings. The van der Waals surface area contributed by atoms with E-state index in [1.54, 1.807) is 24.5 Å². The lowest BCUT2D eigenvalue weighted by atomic mass is 9.85. The van der Waals surface area contributed by atoms with Crippen LogP contribution in [0.2, 0.25) is 0 Å². The molecule has 0 bridgehead atoms. The maximum Gasteiger partial charge on any atom is 0.196 e. The van der Waals surface area contributed by atoms with E-state index in [4.69, 9.17) is 0 Å². The second-order valence-electron chi connectivity index (χ2n) is 7.03. The summed E-state index contributed by atoms with van der Waals surface area (Å²) in [7, 11) is 0. The summed E-state index contributed by atoms with van der Waals surface area (Å²) < 4.78 is 0. The number of pyridine rings is 2. The molecule has 136 valence electrons. The molecule has 0 aromatic carbocycles. The molecule has 4 nitrogen and oxygen atoms in total. The summed E-state index contributed by atoms with van der Waals surface area (Å²) in [6.07, 6.45) is 15.5. The van der Waals surface area contributed by atoms with E-state index in [9.17, 15) is 9.59 Å². The Bertz CT molecular complexity index is 798. The van der Waals surface area contributed by atoms with Crippen molar-refractivity contribution in [1.82, 2.24) is 9.97 Å². The van der Waals surface area contributed by atoms with Crippen LogP contribution in [0.15, 0.2) is 30.7 Å². The maximum atomic E-state index is 12.7. The van der Waals surface area contributed by atoms with Gasteiger partial charge >= 0.3 is 0 Å². The summed E-state index contributed by atoms with van der Waals surface area (Å²) in [6, 6.07) is 3.40. The first-order valence-corrected chi connectivity index (χ1v) is 9.74. The highest BCUT2D eigenvalue weighted by molar-refractivity contribution is 6.28. The van der Waals surface area contributed by atoms with E-state index in [2.05, 4.69) is 16.9 Å². The summed E-state index contributed by atoms with van der Waals surface area (Å²) >= 11 is 0. The Balaban J connectivity index is 1.58. The second-order valence-corrected chi connectivity index (χ2v) is 7.03. The SMILES string of the molecule is CCCCCCCCCCc1cc2c(cn1)C(=O)c1ccncc1C2=O. The Hall–Kier alpha value is -2.36. The lowest BCUT2D eigenvalue weighted by Crippen LogP contribution is -2.21. The number of aromatic nitrogens is 2. The summed E-state index contributed by atoms with van der Waals surface area (Å²) in [6.45, 7) is 2.24. The van der Waals surface area contributed by atoms with Crippen molar-refractivity contribution in [3.8, 4) is 0 Å². The largest absolute Gasteiger partial charge is 0.288 e. The molecule has 1 aliphatic rings. The van der Waals surface area contributed by atoms with E-state index in [1.807, 2.05) is 0 Å². The van der Waals surface area contributed by atoms with Crippen molar-refractivity contribution >= 4 is 11.6 Å². The number of carbonyl (C=O) groups excluding carboxylic acids is 2. The average molecular weight is 350 g/mol. The van der Waals surface area contributed by atoms with Crippen LogP contribution in [-0.2, 0) is 6.42 Å². The van der Waals surface area contributed by atoms with Gasteiger partial charge in [0.15, 0.2) is 11.6 Å². The molecule has 0 spiro atoms. The zero-order valence-corrected chi connectivity index (χ0v) is 15.5. The van der Waals surface area contributed by atoms with E-state index in [0.717, 1.165) is 18.5 Å². The number of nitrogens with zero attached hydrogens (tertiary/aromatic N) is 2. The number of carbonyl (C=O) groups is 2. The van der Waals surface area contributed by atoms with Crippen molar-refractivity contribution in [2.24, 2.45) is 0 Å². The highest BCUT2D eigenvalue weighted by Crippen LogP contribution is 2.26. The number of rotatable bonds is 9. The van der Waals surface area contributed by atoms with Gasteiger partial charge in [-0.15, -0.1) is 0 Å². The highest BCUT2D eigenvalue weighted by atomic mass is 16.1. The van der Waals surface area contributed by atoms with Gasteiger partial charge in [-0.25, -0.2) is 0 Å². The van der Waals surface area contributed by atoms with Gasteiger partial charge < -0.3 is 0 Å². The minimum absolute atomic E-state index is 0.123. The molecule has 0 radical (unpaired) electrons. The van der Waals surface area contributed by atoms with Gasteiger partial charge in [-0.1, -0.05) is 51.9 Å². The Morgan fingerprint density at radius 2 is 1.42 bits per heavy atom. The fourth-order valence-electron chi connectivity index (χ4n) is 3.51. The highest BCUT2D eigenvalue weighted by Gasteiger charge is 2.30. The third kappa shape index (κ3) is 4.06. The van der Waals surface area contributed by atoms with Crippen LogP contribution in [0.4, 0.5) is 0 Å². The van der Waals surface area contributed by atoms with Crippen molar-refractivity contribution in [1.29, 1.82) is 0 Å². The van der Waals surface area contributed by atoms with Gasteiger partial charge in [-0.3, -0.25) is 19.6 Å². The lowest BCUT2D eigenvalue weighted by molar-refractivity contribution is 0.0978. The Morgan fingerprint density at radius 3 is 2.19 bits per heavy atom. The van der Waals surface area contributed by atoms with Gasteiger partial charge in [0.05, 0.1) is 11.1 Å². The van der Waals surface area contributed by atoms with Crippen molar-refractivity contribution in [3.05, 3.63) is 58.7 Å². The molecule has 1 aliphatic carbocycles. The van der Waals surface area contributed by atoms with Gasteiger partial charge in [0.1, 0.15) is 0 Å². The molecule has 0 fully saturated rings. The average Bonchev–Trinajstić information content (AvgIpc) is 2.68. The first kappa shape index (κ1) is 18.4.